The molecule has 1 atom stereocenters. The second-order valence-electron chi connectivity index (χ2n) is 5.73. The Balaban J connectivity index is 2.99. The summed E-state index contributed by atoms with van der Waals surface area (Å²) in [4.78, 5) is 11.7. The van der Waals surface area contributed by atoms with Crippen LogP contribution in [0.4, 0.5) is 0 Å². The molecule has 1 heterocycles. The van der Waals surface area contributed by atoms with E-state index in [0.717, 1.165) is 31.5 Å². The SMILES string of the molecule is CCCCC(CC)c1nnnn1CC(CC)(CC)C(=O)O. The quantitative estimate of drug-likeness (QED) is 0.716. The number of carbonyl (C=O) groups is 1. The van der Waals surface area contributed by atoms with E-state index in [1.165, 1.54) is 0 Å². The molecule has 21 heavy (non-hydrogen) atoms. The zero-order valence-electron chi connectivity index (χ0n) is 13.7. The smallest absolute Gasteiger partial charge is 0.311 e. The Labute approximate surface area is 126 Å². The van der Waals surface area contributed by atoms with Gasteiger partial charge >= 0.3 is 5.97 Å². The molecule has 120 valence electrons. The van der Waals surface area contributed by atoms with E-state index in [1.807, 2.05) is 13.8 Å². The number of aliphatic carboxylic acids is 1. The van der Waals surface area contributed by atoms with Crippen LogP contribution in [0.3, 0.4) is 0 Å². The summed E-state index contributed by atoms with van der Waals surface area (Å²) in [6.07, 6.45) is 5.44. The number of carboxylic acid groups (broad SMARTS) is 1. The number of rotatable bonds is 10. The minimum Gasteiger partial charge on any atom is -0.481 e. The average Bonchev–Trinajstić information content (AvgIpc) is 2.93. The minimum atomic E-state index is -0.785. The molecule has 1 aromatic rings. The van der Waals surface area contributed by atoms with E-state index in [9.17, 15) is 9.90 Å². The van der Waals surface area contributed by atoms with Gasteiger partial charge in [-0.3, -0.25) is 4.79 Å². The van der Waals surface area contributed by atoms with Crippen molar-refractivity contribution in [3.8, 4) is 0 Å². The first kappa shape index (κ1) is 17.6. The summed E-state index contributed by atoms with van der Waals surface area (Å²) in [5.41, 5.74) is -0.785. The van der Waals surface area contributed by atoms with Gasteiger partial charge < -0.3 is 5.11 Å². The Morgan fingerprint density at radius 3 is 2.43 bits per heavy atom. The third-order valence-electron chi connectivity index (χ3n) is 4.58. The van der Waals surface area contributed by atoms with Gasteiger partial charge in [0.25, 0.3) is 0 Å². The Kier molecular flexibility index (Phi) is 6.78. The van der Waals surface area contributed by atoms with Crippen molar-refractivity contribution >= 4 is 5.97 Å². The number of hydrogen-bond donors (Lipinski definition) is 1. The van der Waals surface area contributed by atoms with Crippen molar-refractivity contribution in [1.82, 2.24) is 20.2 Å². The standard InChI is InChI=1S/C15H28N4O2/c1-5-9-10-12(6-2)13-16-17-18-19(13)11-15(7-3,8-4)14(20)21/h12H,5-11H2,1-4H3,(H,20,21). The van der Waals surface area contributed by atoms with Crippen LogP contribution >= 0.6 is 0 Å². The first-order valence-corrected chi connectivity index (χ1v) is 8.04. The van der Waals surface area contributed by atoms with Gasteiger partial charge in [0.2, 0.25) is 0 Å². The summed E-state index contributed by atoms with van der Waals surface area (Å²) in [5, 5.41) is 21.6. The van der Waals surface area contributed by atoms with Crippen LogP contribution in [0, 0.1) is 5.41 Å². The topological polar surface area (TPSA) is 80.9 Å². The molecule has 6 nitrogen and oxygen atoms in total. The van der Waals surface area contributed by atoms with Crippen LogP contribution in [0.15, 0.2) is 0 Å². The monoisotopic (exact) mass is 296 g/mol. The fraction of sp³-hybridized carbons (Fsp3) is 0.867. The molecule has 0 aliphatic rings. The molecule has 0 saturated carbocycles. The van der Waals surface area contributed by atoms with E-state index in [0.29, 0.717) is 25.3 Å². The molecule has 1 aromatic heterocycles. The van der Waals surface area contributed by atoms with Crippen LogP contribution in [0.1, 0.15) is 78.0 Å². The number of hydrogen-bond acceptors (Lipinski definition) is 4. The van der Waals surface area contributed by atoms with Crippen LogP contribution in [0.2, 0.25) is 0 Å². The van der Waals surface area contributed by atoms with E-state index in [1.54, 1.807) is 4.68 Å². The van der Waals surface area contributed by atoms with E-state index in [4.69, 9.17) is 0 Å². The number of nitrogens with zero attached hydrogens (tertiary/aromatic N) is 4. The Morgan fingerprint density at radius 1 is 1.29 bits per heavy atom. The molecule has 1 unspecified atom stereocenters. The van der Waals surface area contributed by atoms with Crippen molar-refractivity contribution < 1.29 is 9.90 Å². The van der Waals surface area contributed by atoms with Gasteiger partial charge in [0.15, 0.2) is 5.82 Å². The van der Waals surface area contributed by atoms with Gasteiger partial charge in [0.1, 0.15) is 0 Å². The minimum absolute atomic E-state index is 0.306. The van der Waals surface area contributed by atoms with Crippen molar-refractivity contribution in [2.75, 3.05) is 0 Å². The lowest BCUT2D eigenvalue weighted by Crippen LogP contribution is -2.35. The molecule has 6 heteroatoms. The van der Waals surface area contributed by atoms with E-state index < -0.39 is 11.4 Å². The van der Waals surface area contributed by atoms with Gasteiger partial charge in [0.05, 0.1) is 12.0 Å². The molecule has 0 aliphatic heterocycles. The second kappa shape index (κ2) is 8.10. The molecular weight excluding hydrogens is 268 g/mol. The highest BCUT2D eigenvalue weighted by Crippen LogP contribution is 2.31. The van der Waals surface area contributed by atoms with Crippen LogP contribution < -0.4 is 0 Å². The molecule has 0 aromatic carbocycles. The fourth-order valence-corrected chi connectivity index (χ4v) is 2.71. The molecule has 0 fully saturated rings. The maximum Gasteiger partial charge on any atom is 0.311 e. The zero-order valence-corrected chi connectivity index (χ0v) is 13.7. The van der Waals surface area contributed by atoms with E-state index in [2.05, 4.69) is 29.4 Å². The van der Waals surface area contributed by atoms with Gasteiger partial charge in [-0.1, -0.05) is 40.5 Å². The maximum absolute atomic E-state index is 11.7. The lowest BCUT2D eigenvalue weighted by atomic mass is 9.82. The number of tetrazole rings is 1. The summed E-state index contributed by atoms with van der Waals surface area (Å²) < 4.78 is 1.71. The molecule has 0 radical (unpaired) electrons. The molecule has 1 rings (SSSR count). The summed E-state index contributed by atoms with van der Waals surface area (Å²) >= 11 is 0. The van der Waals surface area contributed by atoms with Crippen molar-refractivity contribution in [3.63, 3.8) is 0 Å². The maximum atomic E-state index is 11.7. The summed E-state index contributed by atoms with van der Waals surface area (Å²) in [6, 6.07) is 0. The van der Waals surface area contributed by atoms with Crippen molar-refractivity contribution in [2.24, 2.45) is 5.41 Å². The van der Waals surface area contributed by atoms with Gasteiger partial charge in [-0.25, -0.2) is 4.68 Å². The normalized spacial score (nSPS) is 13.3. The molecular formula is C15H28N4O2. The largest absolute Gasteiger partial charge is 0.481 e. The number of unbranched alkanes of at least 4 members (excludes halogenated alkanes) is 1. The third kappa shape index (κ3) is 4.02. The number of aromatic nitrogens is 4. The summed E-state index contributed by atoms with van der Waals surface area (Å²) in [6.45, 7) is 8.47. The molecule has 0 bridgehead atoms. The van der Waals surface area contributed by atoms with Gasteiger partial charge in [-0.05, 0) is 36.1 Å². The van der Waals surface area contributed by atoms with Crippen LogP contribution in [0.5, 0.6) is 0 Å². The van der Waals surface area contributed by atoms with Gasteiger partial charge in [-0.15, -0.1) is 5.10 Å². The highest BCUT2D eigenvalue weighted by molar-refractivity contribution is 5.74. The lowest BCUT2D eigenvalue weighted by molar-refractivity contribution is -0.150. The first-order valence-electron chi connectivity index (χ1n) is 8.04. The predicted molar refractivity (Wildman–Crippen MR) is 81.0 cm³/mol. The average molecular weight is 296 g/mol. The molecule has 0 saturated heterocycles. The van der Waals surface area contributed by atoms with Crippen molar-refractivity contribution in [1.29, 1.82) is 0 Å². The predicted octanol–water partition coefficient (Wildman–Crippen LogP) is 3.25. The van der Waals surface area contributed by atoms with Crippen LogP contribution in [-0.2, 0) is 11.3 Å². The second-order valence-corrected chi connectivity index (χ2v) is 5.73. The molecule has 0 amide bonds. The summed E-state index contributed by atoms with van der Waals surface area (Å²) in [7, 11) is 0. The Morgan fingerprint density at radius 2 is 1.95 bits per heavy atom. The van der Waals surface area contributed by atoms with E-state index >= 15 is 0 Å². The lowest BCUT2D eigenvalue weighted by Gasteiger charge is -2.27. The highest BCUT2D eigenvalue weighted by Gasteiger charge is 2.37. The molecule has 1 N–H and O–H groups in total. The van der Waals surface area contributed by atoms with Gasteiger partial charge in [-0.2, -0.15) is 0 Å². The van der Waals surface area contributed by atoms with Crippen molar-refractivity contribution in [3.05, 3.63) is 5.82 Å². The Hall–Kier alpha value is -1.46. The summed E-state index contributed by atoms with van der Waals surface area (Å²) in [5.74, 6) is 0.370. The van der Waals surface area contributed by atoms with E-state index in [-0.39, 0.29) is 0 Å². The molecule has 0 aliphatic carbocycles. The van der Waals surface area contributed by atoms with Crippen LogP contribution in [-0.4, -0.2) is 31.3 Å². The van der Waals surface area contributed by atoms with Crippen LogP contribution in [0.25, 0.3) is 0 Å². The fourth-order valence-electron chi connectivity index (χ4n) is 2.71. The highest BCUT2D eigenvalue weighted by atomic mass is 16.4. The first-order chi connectivity index (χ1) is 10.0. The third-order valence-corrected chi connectivity index (χ3v) is 4.58. The van der Waals surface area contributed by atoms with Crippen molar-refractivity contribution in [2.45, 2.75) is 78.7 Å². The zero-order chi connectivity index (χ0) is 15.9. The Bertz CT molecular complexity index is 441. The molecule has 0 spiro atoms. The van der Waals surface area contributed by atoms with Gasteiger partial charge in [0, 0.05) is 5.92 Å². The number of carboxylic acids is 1.